The van der Waals surface area contributed by atoms with Crippen LogP contribution in [0.25, 0.3) is 0 Å². The van der Waals surface area contributed by atoms with Gasteiger partial charge in [0.2, 0.25) is 0 Å². The minimum absolute atomic E-state index is 0.180. The van der Waals surface area contributed by atoms with Gasteiger partial charge in [-0.1, -0.05) is 12.1 Å². The minimum Gasteiger partial charge on any atom is -0.475 e. The molecule has 2 N–H and O–H groups in total. The quantitative estimate of drug-likeness (QED) is 0.552. The normalized spacial score (nSPS) is 16.4. The molecule has 1 fully saturated rings. The third-order valence-corrected chi connectivity index (χ3v) is 5.22. The van der Waals surface area contributed by atoms with Gasteiger partial charge in [0.15, 0.2) is 0 Å². The molecule has 3 heterocycles. The zero-order valence-electron chi connectivity index (χ0n) is 19.8. The highest BCUT2D eigenvalue weighted by Crippen LogP contribution is 2.17. The van der Waals surface area contributed by atoms with Crippen LogP contribution in [0.4, 0.5) is 30.7 Å². The fraction of sp³-hybridized carbons (Fsp3) is 0.500. The number of aromatic nitrogens is 2. The van der Waals surface area contributed by atoms with Gasteiger partial charge >= 0.3 is 24.3 Å². The summed E-state index contributed by atoms with van der Waals surface area (Å²) in [7, 11) is 0. The van der Waals surface area contributed by atoms with Crippen LogP contribution in [0.3, 0.4) is 0 Å². The average Bonchev–Trinajstić information content (AvgIpc) is 3.22. The van der Waals surface area contributed by atoms with E-state index in [0.717, 1.165) is 76.1 Å². The van der Waals surface area contributed by atoms with E-state index in [-0.39, 0.29) is 5.82 Å². The van der Waals surface area contributed by atoms with Crippen LogP contribution < -0.4 is 0 Å². The van der Waals surface area contributed by atoms with Crippen LogP contribution in [0.5, 0.6) is 0 Å². The van der Waals surface area contributed by atoms with Crippen LogP contribution in [0.15, 0.2) is 30.5 Å². The van der Waals surface area contributed by atoms with Crippen molar-refractivity contribution in [1.29, 1.82) is 0 Å². The van der Waals surface area contributed by atoms with Crippen LogP contribution in [0, 0.1) is 5.82 Å². The maximum atomic E-state index is 13.0. The third kappa shape index (κ3) is 10.6. The number of carboxylic acid groups (broad SMARTS) is 2. The van der Waals surface area contributed by atoms with Crippen molar-refractivity contribution in [2.45, 2.75) is 38.5 Å². The SMILES string of the molecule is Fc1ccc(CN2CCn3cc(CN4CCOCC4)nc3C2)cc1.O=C(O)C(F)(F)F.O=C(O)C(F)(F)F. The lowest BCUT2D eigenvalue weighted by atomic mass is 10.2. The van der Waals surface area contributed by atoms with E-state index in [4.69, 9.17) is 29.5 Å². The number of nitrogens with zero attached hydrogens (tertiary/aromatic N) is 4. The first-order valence-electron chi connectivity index (χ1n) is 11.1. The molecule has 0 saturated carbocycles. The number of halogens is 7. The highest BCUT2D eigenvalue weighted by Gasteiger charge is 2.38. The maximum Gasteiger partial charge on any atom is 0.490 e. The number of aliphatic carboxylic acids is 2. The predicted molar refractivity (Wildman–Crippen MR) is 116 cm³/mol. The molecule has 0 unspecified atom stereocenters. The zero-order chi connectivity index (χ0) is 28.5. The molecular formula is C22H25F7N4O5. The highest BCUT2D eigenvalue weighted by atomic mass is 19.4. The molecule has 0 amide bonds. The lowest BCUT2D eigenvalue weighted by Gasteiger charge is -2.27. The van der Waals surface area contributed by atoms with Crippen molar-refractivity contribution in [2.75, 3.05) is 32.8 Å². The van der Waals surface area contributed by atoms with Gasteiger partial charge in [-0.2, -0.15) is 26.3 Å². The number of benzene rings is 1. The van der Waals surface area contributed by atoms with Crippen molar-refractivity contribution in [3.8, 4) is 0 Å². The lowest BCUT2D eigenvalue weighted by Crippen LogP contribution is -2.35. The molecular weight excluding hydrogens is 533 g/mol. The van der Waals surface area contributed by atoms with Crippen LogP contribution in [0.2, 0.25) is 0 Å². The molecule has 38 heavy (non-hydrogen) atoms. The lowest BCUT2D eigenvalue weighted by molar-refractivity contribution is -0.193. The van der Waals surface area contributed by atoms with Crippen molar-refractivity contribution in [3.63, 3.8) is 0 Å². The summed E-state index contributed by atoms with van der Waals surface area (Å²) < 4.78 is 84.2. The van der Waals surface area contributed by atoms with Gasteiger partial charge < -0.3 is 19.5 Å². The van der Waals surface area contributed by atoms with Crippen molar-refractivity contribution >= 4 is 11.9 Å². The fourth-order valence-electron chi connectivity index (χ4n) is 3.41. The summed E-state index contributed by atoms with van der Waals surface area (Å²) in [4.78, 5) is 27.4. The Labute approximate surface area is 212 Å². The number of fused-ring (bicyclic) bond motifs is 1. The van der Waals surface area contributed by atoms with E-state index >= 15 is 0 Å². The molecule has 1 saturated heterocycles. The molecule has 9 nitrogen and oxygen atoms in total. The summed E-state index contributed by atoms with van der Waals surface area (Å²) in [5.41, 5.74) is 2.29. The first-order valence-corrected chi connectivity index (χ1v) is 11.1. The Bertz CT molecular complexity index is 1030. The van der Waals surface area contributed by atoms with E-state index < -0.39 is 24.3 Å². The maximum absolute atomic E-state index is 13.0. The van der Waals surface area contributed by atoms with E-state index in [1.165, 1.54) is 12.1 Å². The second-order valence-corrected chi connectivity index (χ2v) is 8.17. The first kappa shape index (κ1) is 31.0. The molecule has 2 aliphatic heterocycles. The number of hydrogen-bond donors (Lipinski definition) is 2. The highest BCUT2D eigenvalue weighted by molar-refractivity contribution is 5.73. The molecule has 4 rings (SSSR count). The first-order chi connectivity index (χ1) is 17.6. The van der Waals surface area contributed by atoms with E-state index in [9.17, 15) is 30.7 Å². The molecule has 0 aliphatic carbocycles. The van der Waals surface area contributed by atoms with Gasteiger partial charge in [0.25, 0.3) is 0 Å². The van der Waals surface area contributed by atoms with Crippen LogP contribution in [-0.4, -0.2) is 86.7 Å². The number of carbonyl (C=O) groups is 2. The summed E-state index contributed by atoms with van der Waals surface area (Å²) in [5.74, 6) is -4.56. The van der Waals surface area contributed by atoms with Crippen LogP contribution in [-0.2, 0) is 40.5 Å². The molecule has 16 heteroatoms. The fourth-order valence-corrected chi connectivity index (χ4v) is 3.41. The molecule has 212 valence electrons. The Morgan fingerprint density at radius 3 is 1.87 bits per heavy atom. The van der Waals surface area contributed by atoms with Gasteiger partial charge in [-0.25, -0.2) is 19.0 Å². The largest absolute Gasteiger partial charge is 0.490 e. The number of carboxylic acids is 2. The second kappa shape index (κ2) is 13.5. The van der Waals surface area contributed by atoms with Gasteiger partial charge in [0.1, 0.15) is 11.6 Å². The molecule has 0 atom stereocenters. The number of alkyl halides is 6. The Kier molecular flexibility index (Phi) is 11.0. The van der Waals surface area contributed by atoms with E-state index in [1.54, 1.807) is 0 Å². The Hall–Kier alpha value is -3.24. The van der Waals surface area contributed by atoms with Gasteiger partial charge in [-0.05, 0) is 17.7 Å². The zero-order valence-corrected chi connectivity index (χ0v) is 19.8. The average molecular weight is 558 g/mol. The molecule has 0 spiro atoms. The van der Waals surface area contributed by atoms with Gasteiger partial charge in [-0.3, -0.25) is 9.80 Å². The van der Waals surface area contributed by atoms with Crippen molar-refractivity contribution in [2.24, 2.45) is 0 Å². The molecule has 2 aliphatic rings. The van der Waals surface area contributed by atoms with Gasteiger partial charge in [0.05, 0.1) is 25.5 Å². The Morgan fingerprint density at radius 1 is 0.842 bits per heavy atom. The minimum atomic E-state index is -5.08. The number of morpholine rings is 1. The van der Waals surface area contributed by atoms with E-state index in [2.05, 4.69) is 20.6 Å². The van der Waals surface area contributed by atoms with E-state index in [0.29, 0.717) is 0 Å². The predicted octanol–water partition coefficient (Wildman–Crippen LogP) is 3.14. The second-order valence-electron chi connectivity index (χ2n) is 8.17. The molecule has 0 bridgehead atoms. The van der Waals surface area contributed by atoms with Crippen LogP contribution in [0.1, 0.15) is 17.1 Å². The summed E-state index contributed by atoms with van der Waals surface area (Å²) >= 11 is 0. The topological polar surface area (TPSA) is 108 Å². The van der Waals surface area contributed by atoms with Gasteiger partial charge in [0, 0.05) is 45.5 Å². The molecule has 0 radical (unpaired) electrons. The van der Waals surface area contributed by atoms with Crippen molar-refractivity contribution in [1.82, 2.24) is 19.4 Å². The van der Waals surface area contributed by atoms with E-state index in [1.807, 2.05) is 12.1 Å². The standard InChI is InChI=1S/C18H23FN4O.2C2HF3O2/c19-16-3-1-15(2-4-16)11-22-5-6-23-13-17(20-18(23)14-22)12-21-7-9-24-10-8-21;2*3-2(4,5)1(6)7/h1-4,13H,5-12,14H2;2*(H,6,7). The van der Waals surface area contributed by atoms with Crippen LogP contribution >= 0.6 is 0 Å². The molecule has 2 aromatic rings. The molecule has 1 aromatic heterocycles. The number of imidazole rings is 1. The number of rotatable bonds is 4. The third-order valence-electron chi connectivity index (χ3n) is 5.22. The number of ether oxygens (including phenoxy) is 1. The van der Waals surface area contributed by atoms with Crippen molar-refractivity contribution < 1.29 is 55.3 Å². The van der Waals surface area contributed by atoms with Crippen molar-refractivity contribution in [3.05, 3.63) is 53.4 Å². The molecule has 1 aromatic carbocycles. The summed E-state index contributed by atoms with van der Waals surface area (Å²) in [6.45, 7) is 8.16. The monoisotopic (exact) mass is 558 g/mol. The summed E-state index contributed by atoms with van der Waals surface area (Å²) in [5, 5.41) is 14.2. The summed E-state index contributed by atoms with van der Waals surface area (Å²) in [6, 6.07) is 6.78. The number of hydrogen-bond acceptors (Lipinski definition) is 6. The smallest absolute Gasteiger partial charge is 0.475 e. The Morgan fingerprint density at radius 2 is 1.37 bits per heavy atom. The Balaban J connectivity index is 0.000000301. The van der Waals surface area contributed by atoms with Gasteiger partial charge in [-0.15, -0.1) is 0 Å². The summed E-state index contributed by atoms with van der Waals surface area (Å²) in [6.07, 6.45) is -7.97.